The van der Waals surface area contributed by atoms with Crippen LogP contribution in [0.15, 0.2) is 42.5 Å². The van der Waals surface area contributed by atoms with Gasteiger partial charge in [0.2, 0.25) is 0 Å². The van der Waals surface area contributed by atoms with E-state index in [1.165, 1.54) is 32.1 Å². The molecule has 0 spiro atoms. The third kappa shape index (κ3) is 5.27. The molecule has 3 rings (SSSR count). The van der Waals surface area contributed by atoms with Gasteiger partial charge < -0.3 is 4.74 Å². The molecule has 2 aromatic rings. The first-order valence-corrected chi connectivity index (χ1v) is 9.93. The molecule has 1 atom stereocenters. The fraction of sp³-hybridized carbons (Fsp3) is 0.478. The zero-order chi connectivity index (χ0) is 19.2. The molecule has 1 aliphatic carbocycles. The summed E-state index contributed by atoms with van der Waals surface area (Å²) >= 11 is 0. The van der Waals surface area contributed by atoms with Crippen molar-refractivity contribution >= 4 is 0 Å². The maximum atomic E-state index is 13.5. The molecular formula is C23H27F3O. The molecule has 4 heteroatoms. The summed E-state index contributed by atoms with van der Waals surface area (Å²) in [5.41, 5.74) is 0.963. The Labute approximate surface area is 159 Å². The van der Waals surface area contributed by atoms with Crippen molar-refractivity contribution in [3.05, 3.63) is 65.5 Å². The molecule has 0 amide bonds. The summed E-state index contributed by atoms with van der Waals surface area (Å²) in [5.74, 6) is -2.37. The number of benzene rings is 2. The Bertz CT molecular complexity index is 701. The smallest absolute Gasteiger partial charge is 0.194 e. The van der Waals surface area contributed by atoms with Crippen LogP contribution in [0.1, 0.15) is 63.5 Å². The van der Waals surface area contributed by atoms with Crippen molar-refractivity contribution in [3.8, 4) is 5.75 Å². The number of hydrogen-bond acceptors (Lipinski definition) is 1. The summed E-state index contributed by atoms with van der Waals surface area (Å²) in [6.07, 6.45) is 7.77. The molecule has 0 aliphatic heterocycles. The second-order valence-corrected chi connectivity index (χ2v) is 7.59. The van der Waals surface area contributed by atoms with Gasteiger partial charge in [-0.1, -0.05) is 69.4 Å². The van der Waals surface area contributed by atoms with Gasteiger partial charge in [0.15, 0.2) is 17.5 Å². The largest absolute Gasteiger partial charge is 0.486 e. The molecule has 1 unspecified atom stereocenters. The van der Waals surface area contributed by atoms with Crippen LogP contribution in [0.4, 0.5) is 13.2 Å². The molecule has 146 valence electrons. The Balaban J connectivity index is 1.69. The molecular weight excluding hydrogens is 349 g/mol. The first kappa shape index (κ1) is 19.8. The minimum Gasteiger partial charge on any atom is -0.486 e. The molecule has 1 aliphatic rings. The Kier molecular flexibility index (Phi) is 6.81. The van der Waals surface area contributed by atoms with Gasteiger partial charge in [0.1, 0.15) is 11.9 Å². The van der Waals surface area contributed by atoms with Crippen molar-refractivity contribution in [1.82, 2.24) is 0 Å². The Morgan fingerprint density at radius 3 is 2.11 bits per heavy atom. The van der Waals surface area contributed by atoms with Gasteiger partial charge in [-0.2, -0.15) is 0 Å². The fourth-order valence-corrected chi connectivity index (χ4v) is 4.04. The van der Waals surface area contributed by atoms with E-state index in [0.29, 0.717) is 5.92 Å². The van der Waals surface area contributed by atoms with Gasteiger partial charge >= 0.3 is 0 Å². The average molecular weight is 376 g/mol. The van der Waals surface area contributed by atoms with E-state index in [2.05, 4.69) is 6.92 Å². The quantitative estimate of drug-likeness (QED) is 0.464. The molecule has 1 nitrogen and oxygen atoms in total. The summed E-state index contributed by atoms with van der Waals surface area (Å²) < 4.78 is 46.2. The van der Waals surface area contributed by atoms with Crippen molar-refractivity contribution in [3.63, 3.8) is 0 Å². The van der Waals surface area contributed by atoms with Crippen LogP contribution in [0.2, 0.25) is 0 Å². The summed E-state index contributed by atoms with van der Waals surface area (Å²) in [5, 5.41) is 0. The zero-order valence-electron chi connectivity index (χ0n) is 15.8. The van der Waals surface area contributed by atoms with Gasteiger partial charge in [-0.15, -0.1) is 0 Å². The maximum Gasteiger partial charge on any atom is 0.194 e. The molecule has 0 N–H and O–H groups in total. The van der Waals surface area contributed by atoms with Crippen LogP contribution in [0.25, 0.3) is 0 Å². The van der Waals surface area contributed by atoms with Crippen molar-refractivity contribution in [1.29, 1.82) is 0 Å². The Morgan fingerprint density at radius 1 is 0.926 bits per heavy atom. The minimum atomic E-state index is -1.47. The third-order valence-electron chi connectivity index (χ3n) is 5.79. The van der Waals surface area contributed by atoms with Crippen molar-refractivity contribution in [2.24, 2.45) is 11.8 Å². The van der Waals surface area contributed by atoms with Crippen LogP contribution in [0, 0.1) is 29.3 Å². The highest BCUT2D eigenvalue weighted by Gasteiger charge is 2.23. The topological polar surface area (TPSA) is 9.23 Å². The van der Waals surface area contributed by atoms with Crippen molar-refractivity contribution in [2.75, 3.05) is 0 Å². The van der Waals surface area contributed by atoms with Crippen LogP contribution in [0.5, 0.6) is 5.75 Å². The van der Waals surface area contributed by atoms with Gasteiger partial charge in [0.05, 0.1) is 0 Å². The van der Waals surface area contributed by atoms with Crippen LogP contribution in [-0.4, -0.2) is 0 Å². The molecule has 0 heterocycles. The predicted octanol–water partition coefficient (Wildman–Crippen LogP) is 7.22. The van der Waals surface area contributed by atoms with Gasteiger partial charge in [0, 0.05) is 12.1 Å². The molecule has 1 fully saturated rings. The van der Waals surface area contributed by atoms with Crippen LogP contribution >= 0.6 is 0 Å². The molecule has 0 aromatic heterocycles. The van der Waals surface area contributed by atoms with E-state index in [4.69, 9.17) is 4.74 Å². The molecule has 0 radical (unpaired) electrons. The number of hydrogen-bond donors (Lipinski definition) is 0. The molecule has 0 saturated heterocycles. The second kappa shape index (κ2) is 9.29. The molecule has 0 bridgehead atoms. The van der Waals surface area contributed by atoms with Crippen LogP contribution in [-0.2, 0) is 0 Å². The summed E-state index contributed by atoms with van der Waals surface area (Å²) in [4.78, 5) is 0. The average Bonchev–Trinajstić information content (AvgIpc) is 2.70. The lowest BCUT2D eigenvalue weighted by Crippen LogP contribution is -2.16. The van der Waals surface area contributed by atoms with E-state index in [1.54, 1.807) is 0 Å². The summed E-state index contributed by atoms with van der Waals surface area (Å²) in [6, 6.07) is 11.5. The standard InChI is InChI=1S/C23H27F3O/c1-2-16-8-10-17(11-9-16)12-13-22(18-6-4-3-5-7-18)27-19-14-20(24)23(26)21(25)15-19/h3-7,14-17,22H,2,8-13H2,1H3. The summed E-state index contributed by atoms with van der Waals surface area (Å²) in [6.45, 7) is 2.26. The number of rotatable bonds is 7. The normalized spacial score (nSPS) is 21.0. The van der Waals surface area contributed by atoms with Gasteiger partial charge in [-0.25, -0.2) is 13.2 Å². The first-order valence-electron chi connectivity index (χ1n) is 9.93. The van der Waals surface area contributed by atoms with E-state index >= 15 is 0 Å². The Morgan fingerprint density at radius 2 is 1.52 bits per heavy atom. The van der Waals surface area contributed by atoms with E-state index in [9.17, 15) is 13.2 Å². The van der Waals surface area contributed by atoms with E-state index in [0.717, 1.165) is 36.5 Å². The van der Waals surface area contributed by atoms with Crippen LogP contribution in [0.3, 0.4) is 0 Å². The highest BCUT2D eigenvalue weighted by Crippen LogP contribution is 2.36. The van der Waals surface area contributed by atoms with Crippen molar-refractivity contribution < 1.29 is 17.9 Å². The summed E-state index contributed by atoms with van der Waals surface area (Å²) in [7, 11) is 0. The highest BCUT2D eigenvalue weighted by molar-refractivity contribution is 5.27. The van der Waals surface area contributed by atoms with Gasteiger partial charge in [-0.3, -0.25) is 0 Å². The van der Waals surface area contributed by atoms with Gasteiger partial charge in [0.25, 0.3) is 0 Å². The van der Waals surface area contributed by atoms with E-state index in [1.807, 2.05) is 30.3 Å². The highest BCUT2D eigenvalue weighted by atomic mass is 19.2. The predicted molar refractivity (Wildman–Crippen MR) is 101 cm³/mol. The lowest BCUT2D eigenvalue weighted by atomic mass is 9.78. The van der Waals surface area contributed by atoms with Gasteiger partial charge in [-0.05, 0) is 30.2 Å². The number of halogens is 3. The second-order valence-electron chi connectivity index (χ2n) is 7.59. The zero-order valence-corrected chi connectivity index (χ0v) is 15.8. The third-order valence-corrected chi connectivity index (χ3v) is 5.79. The molecule has 1 saturated carbocycles. The Hall–Kier alpha value is -1.97. The van der Waals surface area contributed by atoms with E-state index < -0.39 is 17.5 Å². The molecule has 27 heavy (non-hydrogen) atoms. The maximum absolute atomic E-state index is 13.5. The van der Waals surface area contributed by atoms with Crippen LogP contribution < -0.4 is 4.74 Å². The monoisotopic (exact) mass is 376 g/mol. The van der Waals surface area contributed by atoms with Crippen molar-refractivity contribution in [2.45, 2.75) is 58.0 Å². The first-order chi connectivity index (χ1) is 13.1. The van der Waals surface area contributed by atoms with E-state index in [-0.39, 0.29) is 11.9 Å². The molecule has 2 aromatic carbocycles. The SMILES string of the molecule is CCC1CCC(CCC(Oc2cc(F)c(F)c(F)c2)c2ccccc2)CC1. The number of ether oxygens (including phenoxy) is 1. The fourth-order valence-electron chi connectivity index (χ4n) is 4.04. The lowest BCUT2D eigenvalue weighted by Gasteiger charge is -2.29. The lowest BCUT2D eigenvalue weighted by molar-refractivity contribution is 0.167. The minimum absolute atomic E-state index is 0.0231.